The molecule has 10 nitrogen and oxygen atoms in total. The molecule has 2 heterocycles. The largest absolute Gasteiger partial charge is 0.475 e. The van der Waals surface area contributed by atoms with Crippen LogP contribution >= 0.6 is 0 Å². The van der Waals surface area contributed by atoms with Gasteiger partial charge in [0.25, 0.3) is 0 Å². The number of aliphatic hydroxyl groups is 5. The maximum Gasteiger partial charge on any atom is 0.371 e. The lowest BCUT2D eigenvalue weighted by molar-refractivity contribution is -0.328. The zero-order valence-corrected chi connectivity index (χ0v) is 11.5. The lowest BCUT2D eigenvalue weighted by Crippen LogP contribution is -2.60. The summed E-state index contributed by atoms with van der Waals surface area (Å²) in [6, 6.07) is 0. The topological polar surface area (TPSA) is 166 Å². The van der Waals surface area contributed by atoms with Gasteiger partial charge in [-0.2, -0.15) is 0 Å². The summed E-state index contributed by atoms with van der Waals surface area (Å²) in [6.45, 7) is 1.42. The summed E-state index contributed by atoms with van der Waals surface area (Å²) in [5.74, 6) is -2.15. The average Bonchev–Trinajstić information content (AvgIpc) is 2.45. The molecule has 2 aliphatic heterocycles. The fourth-order valence-electron chi connectivity index (χ4n) is 2.20. The molecule has 2 rings (SSSR count). The van der Waals surface area contributed by atoms with Crippen molar-refractivity contribution < 1.29 is 49.6 Å². The van der Waals surface area contributed by atoms with Gasteiger partial charge in [-0.3, -0.25) is 0 Å². The van der Waals surface area contributed by atoms with E-state index < -0.39 is 60.9 Å². The summed E-state index contributed by atoms with van der Waals surface area (Å²) in [5, 5.41) is 57.5. The second kappa shape index (κ2) is 6.46. The number of aliphatic carboxylic acids is 1. The van der Waals surface area contributed by atoms with Gasteiger partial charge in [0.2, 0.25) is 12.0 Å². The van der Waals surface area contributed by atoms with Gasteiger partial charge >= 0.3 is 5.97 Å². The van der Waals surface area contributed by atoms with E-state index in [9.17, 15) is 30.3 Å². The van der Waals surface area contributed by atoms with E-state index >= 15 is 0 Å². The molecule has 8 atom stereocenters. The van der Waals surface area contributed by atoms with E-state index in [2.05, 4.69) is 0 Å². The first kappa shape index (κ1) is 17.1. The van der Waals surface area contributed by atoms with Crippen molar-refractivity contribution >= 4 is 5.97 Å². The van der Waals surface area contributed by atoms with Crippen molar-refractivity contribution in [2.75, 3.05) is 0 Å². The Morgan fingerprint density at radius 3 is 2.36 bits per heavy atom. The third kappa shape index (κ3) is 3.22. The molecule has 0 aliphatic carbocycles. The summed E-state index contributed by atoms with van der Waals surface area (Å²) >= 11 is 0. The van der Waals surface area contributed by atoms with Crippen LogP contribution in [0.5, 0.6) is 0 Å². The standard InChI is InChI=1S/C12H18O10/c1-3-6(14)8(16)9(11(19)20-3)22-12-7(15)4(13)2-5(21-12)10(17)18/h2-4,6-9,11-16,19H,1H3,(H,17,18)/t3-,4+,6-,7-,8+,9-,11?,12-/m1/s1. The quantitative estimate of drug-likeness (QED) is 0.313. The van der Waals surface area contributed by atoms with Crippen LogP contribution < -0.4 is 0 Å². The van der Waals surface area contributed by atoms with Crippen LogP contribution in [0.3, 0.4) is 0 Å². The third-order valence-corrected chi connectivity index (χ3v) is 3.50. The third-order valence-electron chi connectivity index (χ3n) is 3.50. The first-order valence-electron chi connectivity index (χ1n) is 6.55. The van der Waals surface area contributed by atoms with Gasteiger partial charge in [0, 0.05) is 0 Å². The van der Waals surface area contributed by atoms with Crippen LogP contribution in [-0.2, 0) is 19.0 Å². The summed E-state index contributed by atoms with van der Waals surface area (Å²) in [6.07, 6.45) is -11.1. The number of carbonyl (C=O) groups is 1. The second-order valence-corrected chi connectivity index (χ2v) is 5.12. The summed E-state index contributed by atoms with van der Waals surface area (Å²) in [7, 11) is 0. The highest BCUT2D eigenvalue weighted by Gasteiger charge is 2.46. The van der Waals surface area contributed by atoms with Crippen LogP contribution in [0.1, 0.15) is 6.92 Å². The second-order valence-electron chi connectivity index (χ2n) is 5.12. The summed E-state index contributed by atoms with van der Waals surface area (Å²) < 4.78 is 14.9. The molecule has 0 radical (unpaired) electrons. The van der Waals surface area contributed by atoms with Crippen molar-refractivity contribution in [2.24, 2.45) is 0 Å². The monoisotopic (exact) mass is 322 g/mol. The Kier molecular flexibility index (Phi) is 5.02. The predicted octanol–water partition coefficient (Wildman–Crippen LogP) is -3.12. The SMILES string of the molecule is C[C@H]1OC(O)[C@H](O[C@H]2OC(C(=O)O)=C[C@H](O)[C@H]2O)[C@@H](O)[C@@H]1O. The molecule has 0 aromatic rings. The number of ether oxygens (including phenoxy) is 3. The number of carboxylic acids is 1. The molecule has 22 heavy (non-hydrogen) atoms. The predicted molar refractivity (Wildman–Crippen MR) is 66.0 cm³/mol. The van der Waals surface area contributed by atoms with E-state index in [1.165, 1.54) is 6.92 Å². The summed E-state index contributed by atoms with van der Waals surface area (Å²) in [4.78, 5) is 10.9. The lowest BCUT2D eigenvalue weighted by atomic mass is 9.99. The molecule has 1 saturated heterocycles. The molecule has 0 spiro atoms. The molecule has 1 fully saturated rings. The molecular weight excluding hydrogens is 304 g/mol. The van der Waals surface area contributed by atoms with Gasteiger partial charge in [-0.15, -0.1) is 0 Å². The van der Waals surface area contributed by atoms with Crippen molar-refractivity contribution in [2.45, 2.75) is 56.1 Å². The molecular formula is C12H18O10. The first-order chi connectivity index (χ1) is 10.2. The molecule has 0 bridgehead atoms. The van der Waals surface area contributed by atoms with E-state index in [4.69, 9.17) is 19.3 Å². The molecule has 10 heteroatoms. The van der Waals surface area contributed by atoms with Crippen molar-refractivity contribution in [3.63, 3.8) is 0 Å². The Hall–Kier alpha value is -1.27. The summed E-state index contributed by atoms with van der Waals surface area (Å²) in [5.41, 5.74) is 0. The number of rotatable bonds is 3. The Morgan fingerprint density at radius 2 is 1.77 bits per heavy atom. The number of hydrogen-bond donors (Lipinski definition) is 6. The molecule has 1 unspecified atom stereocenters. The Bertz CT molecular complexity index is 451. The molecule has 6 N–H and O–H groups in total. The minimum atomic E-state index is -1.68. The molecule has 2 aliphatic rings. The van der Waals surface area contributed by atoms with Crippen molar-refractivity contribution in [1.82, 2.24) is 0 Å². The van der Waals surface area contributed by atoms with Crippen molar-refractivity contribution in [1.29, 1.82) is 0 Å². The molecule has 0 amide bonds. The van der Waals surface area contributed by atoms with E-state index in [1.807, 2.05) is 0 Å². The van der Waals surface area contributed by atoms with Gasteiger partial charge in [-0.05, 0) is 13.0 Å². The number of carboxylic acid groups (broad SMARTS) is 1. The fraction of sp³-hybridized carbons (Fsp3) is 0.750. The number of aliphatic hydroxyl groups excluding tert-OH is 5. The Labute approximate surface area is 124 Å². The maximum atomic E-state index is 10.9. The molecule has 0 saturated carbocycles. The zero-order valence-electron chi connectivity index (χ0n) is 11.5. The van der Waals surface area contributed by atoms with Crippen LogP contribution in [0.4, 0.5) is 0 Å². The van der Waals surface area contributed by atoms with Crippen molar-refractivity contribution in [3.8, 4) is 0 Å². The Balaban J connectivity index is 2.12. The van der Waals surface area contributed by atoms with Gasteiger partial charge < -0.3 is 44.8 Å². The van der Waals surface area contributed by atoms with Crippen LogP contribution in [0.2, 0.25) is 0 Å². The molecule has 0 aromatic heterocycles. The highest BCUT2D eigenvalue weighted by molar-refractivity contribution is 5.84. The minimum Gasteiger partial charge on any atom is -0.475 e. The van der Waals surface area contributed by atoms with Gasteiger partial charge in [0.15, 0.2) is 6.29 Å². The molecule has 126 valence electrons. The van der Waals surface area contributed by atoms with Gasteiger partial charge in [-0.25, -0.2) is 4.79 Å². The lowest BCUT2D eigenvalue weighted by Gasteiger charge is -2.41. The van der Waals surface area contributed by atoms with E-state index in [0.717, 1.165) is 6.08 Å². The highest BCUT2D eigenvalue weighted by Crippen LogP contribution is 2.27. The number of hydrogen-bond acceptors (Lipinski definition) is 9. The van der Waals surface area contributed by atoms with Crippen LogP contribution in [0, 0.1) is 0 Å². The Morgan fingerprint density at radius 1 is 1.14 bits per heavy atom. The first-order valence-corrected chi connectivity index (χ1v) is 6.55. The highest BCUT2D eigenvalue weighted by atomic mass is 16.7. The maximum absolute atomic E-state index is 10.9. The van der Waals surface area contributed by atoms with Gasteiger partial charge in [0.05, 0.1) is 6.10 Å². The van der Waals surface area contributed by atoms with Crippen LogP contribution in [0.15, 0.2) is 11.8 Å². The fourth-order valence-corrected chi connectivity index (χ4v) is 2.20. The average molecular weight is 322 g/mol. The minimum absolute atomic E-state index is 0.655. The van der Waals surface area contributed by atoms with E-state index in [0.29, 0.717) is 0 Å². The molecule has 0 aromatic carbocycles. The van der Waals surface area contributed by atoms with Gasteiger partial charge in [0.1, 0.15) is 30.5 Å². The van der Waals surface area contributed by atoms with Gasteiger partial charge in [-0.1, -0.05) is 0 Å². The smallest absolute Gasteiger partial charge is 0.371 e. The van der Waals surface area contributed by atoms with E-state index in [-0.39, 0.29) is 0 Å². The normalized spacial score (nSPS) is 45.8. The van der Waals surface area contributed by atoms with E-state index in [1.54, 1.807) is 0 Å². The van der Waals surface area contributed by atoms with Crippen LogP contribution in [-0.4, -0.2) is 85.8 Å². The zero-order chi connectivity index (χ0) is 16.6. The van der Waals surface area contributed by atoms with Crippen LogP contribution in [0.25, 0.3) is 0 Å². The van der Waals surface area contributed by atoms with Crippen molar-refractivity contribution in [3.05, 3.63) is 11.8 Å².